The molecular weight excluding hydrogens is 248 g/mol. The number of rotatable bonds is 6. The first-order chi connectivity index (χ1) is 9.17. The fourth-order valence-corrected chi connectivity index (χ4v) is 1.46. The number of carbonyl (C=O) groups is 1. The number of aromatic amines is 1. The number of hydrogen-bond donors (Lipinski definition) is 2. The van der Waals surface area contributed by atoms with Crippen molar-refractivity contribution in [2.45, 2.75) is 13.0 Å². The predicted molar refractivity (Wildman–Crippen MR) is 66.6 cm³/mol. The summed E-state index contributed by atoms with van der Waals surface area (Å²) in [4.78, 5) is 14.8. The molecule has 2 aromatic rings. The van der Waals surface area contributed by atoms with Crippen molar-refractivity contribution < 1.29 is 14.3 Å². The molecule has 0 bridgehead atoms. The van der Waals surface area contributed by atoms with E-state index in [0.717, 1.165) is 5.75 Å². The minimum absolute atomic E-state index is 0.0129. The van der Waals surface area contributed by atoms with Gasteiger partial charge in [0.1, 0.15) is 18.1 Å². The van der Waals surface area contributed by atoms with Gasteiger partial charge in [-0.3, -0.25) is 9.89 Å². The number of aromatic nitrogens is 3. The molecular formula is C12H14N4O3. The molecule has 0 atom stereocenters. The lowest BCUT2D eigenvalue weighted by atomic mass is 10.3. The van der Waals surface area contributed by atoms with Gasteiger partial charge in [-0.05, 0) is 24.3 Å². The van der Waals surface area contributed by atoms with Crippen LogP contribution in [0.3, 0.4) is 0 Å². The topological polar surface area (TPSA) is 103 Å². The maximum Gasteiger partial charge on any atom is 0.225 e. The standard InChI is InChI=1S/C12H14N4O3/c1-18-8-2-4-9(5-3-8)19-7-12-14-11(15-16-12)6-10(13)17/h2-5H,6-7H2,1H3,(H2,13,17)(H,14,15,16). The highest BCUT2D eigenvalue weighted by Crippen LogP contribution is 2.17. The molecule has 0 unspecified atom stereocenters. The van der Waals surface area contributed by atoms with Crippen molar-refractivity contribution >= 4 is 5.91 Å². The van der Waals surface area contributed by atoms with Crippen molar-refractivity contribution in [1.82, 2.24) is 15.2 Å². The summed E-state index contributed by atoms with van der Waals surface area (Å²) in [7, 11) is 1.60. The first kappa shape index (κ1) is 12.9. The summed E-state index contributed by atoms with van der Waals surface area (Å²) in [5.41, 5.74) is 5.05. The number of carbonyl (C=O) groups excluding carboxylic acids is 1. The van der Waals surface area contributed by atoms with E-state index in [2.05, 4.69) is 15.2 Å². The number of nitrogens with one attached hydrogen (secondary N) is 1. The summed E-state index contributed by atoms with van der Waals surface area (Å²) < 4.78 is 10.5. The molecule has 0 saturated carbocycles. The van der Waals surface area contributed by atoms with Gasteiger partial charge in [0.2, 0.25) is 5.91 Å². The molecule has 19 heavy (non-hydrogen) atoms. The van der Waals surface area contributed by atoms with Crippen LogP contribution in [-0.2, 0) is 17.8 Å². The molecule has 0 aliphatic heterocycles. The van der Waals surface area contributed by atoms with Crippen LogP contribution >= 0.6 is 0 Å². The summed E-state index contributed by atoms with van der Waals surface area (Å²) >= 11 is 0. The molecule has 100 valence electrons. The van der Waals surface area contributed by atoms with E-state index in [1.807, 2.05) is 0 Å². The number of nitrogens with zero attached hydrogens (tertiary/aromatic N) is 2. The van der Waals surface area contributed by atoms with E-state index in [9.17, 15) is 4.79 Å². The Kier molecular flexibility index (Phi) is 3.97. The second-order valence-electron chi connectivity index (χ2n) is 3.81. The molecule has 0 spiro atoms. The molecule has 0 saturated heterocycles. The zero-order valence-corrected chi connectivity index (χ0v) is 10.4. The SMILES string of the molecule is COc1ccc(OCc2nc(CC(N)=O)n[nH]2)cc1. The minimum Gasteiger partial charge on any atom is -0.497 e. The third kappa shape index (κ3) is 3.70. The van der Waals surface area contributed by atoms with Gasteiger partial charge in [0.25, 0.3) is 0 Å². The molecule has 0 aliphatic carbocycles. The maximum atomic E-state index is 10.7. The fourth-order valence-electron chi connectivity index (χ4n) is 1.46. The van der Waals surface area contributed by atoms with Gasteiger partial charge >= 0.3 is 0 Å². The Balaban J connectivity index is 1.90. The smallest absolute Gasteiger partial charge is 0.225 e. The van der Waals surface area contributed by atoms with Crippen LogP contribution in [0.4, 0.5) is 0 Å². The van der Waals surface area contributed by atoms with E-state index in [-0.39, 0.29) is 13.0 Å². The lowest BCUT2D eigenvalue weighted by molar-refractivity contribution is -0.117. The predicted octanol–water partition coefficient (Wildman–Crippen LogP) is 0.420. The zero-order chi connectivity index (χ0) is 13.7. The molecule has 3 N–H and O–H groups in total. The molecule has 2 rings (SSSR count). The first-order valence-electron chi connectivity index (χ1n) is 5.62. The Morgan fingerprint density at radius 2 is 2.00 bits per heavy atom. The summed E-state index contributed by atoms with van der Waals surface area (Å²) in [6.45, 7) is 0.234. The van der Waals surface area contributed by atoms with Crippen LogP contribution in [0.25, 0.3) is 0 Å². The van der Waals surface area contributed by atoms with Crippen LogP contribution in [0.15, 0.2) is 24.3 Å². The Morgan fingerprint density at radius 1 is 1.32 bits per heavy atom. The number of nitrogens with two attached hydrogens (primary N) is 1. The van der Waals surface area contributed by atoms with Gasteiger partial charge in [0.15, 0.2) is 11.6 Å². The Hall–Kier alpha value is -2.57. The highest BCUT2D eigenvalue weighted by Gasteiger charge is 2.06. The Morgan fingerprint density at radius 3 is 2.63 bits per heavy atom. The number of primary amides is 1. The van der Waals surface area contributed by atoms with E-state index in [4.69, 9.17) is 15.2 Å². The molecule has 1 heterocycles. The van der Waals surface area contributed by atoms with Crippen molar-refractivity contribution in [2.24, 2.45) is 5.73 Å². The lowest BCUT2D eigenvalue weighted by Gasteiger charge is -2.04. The van der Waals surface area contributed by atoms with Crippen LogP contribution in [0, 0.1) is 0 Å². The van der Waals surface area contributed by atoms with Gasteiger partial charge in [-0.15, -0.1) is 0 Å². The van der Waals surface area contributed by atoms with Gasteiger partial charge in [-0.25, -0.2) is 4.98 Å². The van der Waals surface area contributed by atoms with Crippen molar-refractivity contribution in [3.05, 3.63) is 35.9 Å². The summed E-state index contributed by atoms with van der Waals surface area (Å²) in [5.74, 6) is 1.87. The quantitative estimate of drug-likeness (QED) is 0.785. The number of ether oxygens (including phenoxy) is 2. The Labute approximate surface area is 109 Å². The fraction of sp³-hybridized carbons (Fsp3) is 0.250. The van der Waals surface area contributed by atoms with Crippen LogP contribution in [-0.4, -0.2) is 28.2 Å². The molecule has 7 nitrogen and oxygen atoms in total. The van der Waals surface area contributed by atoms with Crippen molar-refractivity contribution in [1.29, 1.82) is 0 Å². The number of methoxy groups -OCH3 is 1. The average Bonchev–Trinajstić information content (AvgIpc) is 2.84. The van der Waals surface area contributed by atoms with Gasteiger partial charge in [0, 0.05) is 0 Å². The van der Waals surface area contributed by atoms with Gasteiger partial charge < -0.3 is 15.2 Å². The monoisotopic (exact) mass is 262 g/mol. The molecule has 0 radical (unpaired) electrons. The molecule has 0 aliphatic rings. The van der Waals surface area contributed by atoms with Crippen molar-refractivity contribution in [2.75, 3.05) is 7.11 Å². The van der Waals surface area contributed by atoms with Gasteiger partial charge in [-0.2, -0.15) is 5.10 Å². The zero-order valence-electron chi connectivity index (χ0n) is 10.4. The maximum absolute atomic E-state index is 10.7. The van der Waals surface area contributed by atoms with Crippen molar-refractivity contribution in [3.8, 4) is 11.5 Å². The van der Waals surface area contributed by atoms with Crippen LogP contribution in [0.1, 0.15) is 11.6 Å². The number of amides is 1. The van der Waals surface area contributed by atoms with E-state index < -0.39 is 5.91 Å². The van der Waals surface area contributed by atoms with E-state index in [1.54, 1.807) is 31.4 Å². The van der Waals surface area contributed by atoms with Gasteiger partial charge in [0.05, 0.1) is 13.5 Å². The normalized spacial score (nSPS) is 10.2. The lowest BCUT2D eigenvalue weighted by Crippen LogP contribution is -2.14. The van der Waals surface area contributed by atoms with E-state index in [0.29, 0.717) is 17.4 Å². The average molecular weight is 262 g/mol. The third-order valence-electron chi connectivity index (χ3n) is 2.35. The van der Waals surface area contributed by atoms with Crippen LogP contribution < -0.4 is 15.2 Å². The highest BCUT2D eigenvalue weighted by atomic mass is 16.5. The van der Waals surface area contributed by atoms with Crippen molar-refractivity contribution in [3.63, 3.8) is 0 Å². The third-order valence-corrected chi connectivity index (χ3v) is 2.35. The Bertz CT molecular complexity index is 550. The second kappa shape index (κ2) is 5.85. The largest absolute Gasteiger partial charge is 0.497 e. The molecule has 1 amide bonds. The van der Waals surface area contributed by atoms with E-state index in [1.165, 1.54) is 0 Å². The summed E-state index contributed by atoms with van der Waals surface area (Å²) in [6, 6.07) is 7.18. The summed E-state index contributed by atoms with van der Waals surface area (Å²) in [6.07, 6.45) is 0.0129. The highest BCUT2D eigenvalue weighted by molar-refractivity contribution is 5.75. The minimum atomic E-state index is -0.471. The molecule has 1 aromatic carbocycles. The van der Waals surface area contributed by atoms with Crippen LogP contribution in [0.2, 0.25) is 0 Å². The summed E-state index contributed by atoms with van der Waals surface area (Å²) in [5, 5.41) is 6.54. The second-order valence-corrected chi connectivity index (χ2v) is 3.81. The molecule has 0 fully saturated rings. The first-order valence-corrected chi connectivity index (χ1v) is 5.62. The van der Waals surface area contributed by atoms with E-state index >= 15 is 0 Å². The molecule has 1 aromatic heterocycles. The van der Waals surface area contributed by atoms with Gasteiger partial charge in [-0.1, -0.05) is 0 Å². The number of H-pyrrole nitrogens is 1. The number of hydrogen-bond acceptors (Lipinski definition) is 5. The van der Waals surface area contributed by atoms with Crippen LogP contribution in [0.5, 0.6) is 11.5 Å². The molecule has 7 heteroatoms. The number of benzene rings is 1.